The van der Waals surface area contributed by atoms with Gasteiger partial charge < -0.3 is 10.1 Å². The lowest BCUT2D eigenvalue weighted by atomic mass is 10.0. The molecule has 0 spiro atoms. The zero-order chi connectivity index (χ0) is 21.0. The molecular formula is C21H18N2O5S. The number of non-ortho nitro benzene ring substituents is 1. The Morgan fingerprint density at radius 3 is 2.45 bits per heavy atom. The summed E-state index contributed by atoms with van der Waals surface area (Å²) in [6.45, 7) is 3.71. The number of thiophene rings is 1. The topological polar surface area (TPSA) is 98.5 Å². The Kier molecular flexibility index (Phi) is 6.04. The Bertz CT molecular complexity index is 1070. The van der Waals surface area contributed by atoms with Crippen LogP contribution in [0.15, 0.2) is 53.9 Å². The van der Waals surface area contributed by atoms with Crippen LogP contribution in [0.25, 0.3) is 11.1 Å². The van der Waals surface area contributed by atoms with E-state index in [4.69, 9.17) is 4.74 Å². The van der Waals surface area contributed by atoms with Crippen LogP contribution < -0.4 is 5.32 Å². The van der Waals surface area contributed by atoms with Crippen molar-refractivity contribution in [2.45, 2.75) is 13.8 Å². The lowest BCUT2D eigenvalue weighted by Crippen LogP contribution is -2.15. The predicted octanol–water partition coefficient (Wildman–Crippen LogP) is 5.06. The highest BCUT2D eigenvalue weighted by atomic mass is 32.1. The van der Waals surface area contributed by atoms with E-state index in [1.165, 1.54) is 23.5 Å². The first kappa shape index (κ1) is 20.2. The third-order valence-electron chi connectivity index (χ3n) is 4.28. The number of amides is 1. The van der Waals surface area contributed by atoms with Crippen LogP contribution in [0, 0.1) is 17.0 Å². The molecule has 3 rings (SSSR count). The van der Waals surface area contributed by atoms with Crippen molar-refractivity contribution in [1.82, 2.24) is 0 Å². The summed E-state index contributed by atoms with van der Waals surface area (Å²) in [6.07, 6.45) is 0. The SMILES string of the molecule is CCOC(=O)c1c(-c2ccc([N+](=O)[O-])cc2)csc1NC(=O)c1ccccc1C. The quantitative estimate of drug-likeness (QED) is 0.348. The summed E-state index contributed by atoms with van der Waals surface area (Å²) in [4.78, 5) is 35.7. The second kappa shape index (κ2) is 8.66. The van der Waals surface area contributed by atoms with E-state index in [0.29, 0.717) is 21.7 Å². The number of benzene rings is 2. The molecule has 7 nitrogen and oxygen atoms in total. The minimum atomic E-state index is -0.567. The van der Waals surface area contributed by atoms with Crippen LogP contribution in [0.3, 0.4) is 0 Å². The Labute approximate surface area is 171 Å². The Morgan fingerprint density at radius 2 is 1.83 bits per heavy atom. The summed E-state index contributed by atoms with van der Waals surface area (Å²) in [5.41, 5.74) is 2.67. The number of hydrogen-bond donors (Lipinski definition) is 1. The number of anilines is 1. The van der Waals surface area contributed by atoms with E-state index in [1.807, 2.05) is 19.1 Å². The van der Waals surface area contributed by atoms with Gasteiger partial charge in [0.05, 0.1) is 11.5 Å². The molecule has 1 aromatic heterocycles. The molecule has 1 heterocycles. The Morgan fingerprint density at radius 1 is 1.14 bits per heavy atom. The minimum absolute atomic E-state index is 0.0465. The van der Waals surface area contributed by atoms with Crippen molar-refractivity contribution in [3.05, 3.63) is 80.7 Å². The van der Waals surface area contributed by atoms with Crippen LogP contribution in [0.4, 0.5) is 10.7 Å². The normalized spacial score (nSPS) is 10.4. The van der Waals surface area contributed by atoms with Crippen LogP contribution in [0.1, 0.15) is 33.2 Å². The molecule has 0 radical (unpaired) electrons. The fourth-order valence-electron chi connectivity index (χ4n) is 2.83. The number of nitrogens with one attached hydrogen (secondary N) is 1. The average Bonchev–Trinajstić information content (AvgIpc) is 3.12. The van der Waals surface area contributed by atoms with Crippen molar-refractivity contribution in [3.63, 3.8) is 0 Å². The zero-order valence-electron chi connectivity index (χ0n) is 15.8. The summed E-state index contributed by atoms with van der Waals surface area (Å²) in [7, 11) is 0. The van der Waals surface area contributed by atoms with Gasteiger partial charge in [-0.3, -0.25) is 14.9 Å². The maximum absolute atomic E-state index is 12.7. The maximum atomic E-state index is 12.7. The Hall–Kier alpha value is -3.52. The second-order valence-corrected chi connectivity index (χ2v) is 7.03. The van der Waals surface area contributed by atoms with Crippen molar-refractivity contribution in [2.75, 3.05) is 11.9 Å². The molecular weight excluding hydrogens is 392 g/mol. The van der Waals surface area contributed by atoms with Crippen LogP contribution in [-0.4, -0.2) is 23.4 Å². The minimum Gasteiger partial charge on any atom is -0.462 e. The monoisotopic (exact) mass is 410 g/mol. The third-order valence-corrected chi connectivity index (χ3v) is 5.17. The number of aryl methyl sites for hydroxylation is 1. The van der Waals surface area contributed by atoms with Crippen molar-refractivity contribution in [3.8, 4) is 11.1 Å². The lowest BCUT2D eigenvalue weighted by molar-refractivity contribution is -0.384. The van der Waals surface area contributed by atoms with E-state index in [0.717, 1.165) is 5.56 Å². The number of carbonyl (C=O) groups is 2. The van der Waals surface area contributed by atoms with Crippen LogP contribution in [0.2, 0.25) is 0 Å². The van der Waals surface area contributed by atoms with Gasteiger partial charge in [-0.15, -0.1) is 11.3 Å². The van der Waals surface area contributed by atoms with Gasteiger partial charge in [-0.1, -0.05) is 18.2 Å². The summed E-state index contributed by atoms with van der Waals surface area (Å²) in [5.74, 6) is -0.895. The highest BCUT2D eigenvalue weighted by molar-refractivity contribution is 7.15. The van der Waals surface area contributed by atoms with E-state index in [-0.39, 0.29) is 23.8 Å². The number of carbonyl (C=O) groups excluding carboxylic acids is 2. The molecule has 3 aromatic rings. The standard InChI is InChI=1S/C21H18N2O5S/c1-3-28-21(25)18-17(14-8-10-15(11-9-14)23(26)27)12-29-20(18)22-19(24)16-7-5-4-6-13(16)2/h4-12H,3H2,1-2H3,(H,22,24). The molecule has 2 aromatic carbocycles. The van der Waals surface area contributed by atoms with Gasteiger partial charge in [-0.05, 0) is 43.2 Å². The zero-order valence-corrected chi connectivity index (χ0v) is 16.6. The van der Waals surface area contributed by atoms with Crippen molar-refractivity contribution >= 4 is 33.9 Å². The van der Waals surface area contributed by atoms with Gasteiger partial charge in [0.1, 0.15) is 10.6 Å². The number of ether oxygens (including phenoxy) is 1. The van der Waals surface area contributed by atoms with Gasteiger partial charge in [0.2, 0.25) is 0 Å². The molecule has 0 aliphatic heterocycles. The number of esters is 1. The van der Waals surface area contributed by atoms with E-state index in [9.17, 15) is 19.7 Å². The molecule has 0 aliphatic carbocycles. The number of nitro benzene ring substituents is 1. The molecule has 1 N–H and O–H groups in total. The van der Waals surface area contributed by atoms with Gasteiger partial charge in [-0.2, -0.15) is 0 Å². The molecule has 0 atom stereocenters. The number of hydrogen-bond acceptors (Lipinski definition) is 6. The number of nitro groups is 1. The first-order chi connectivity index (χ1) is 13.9. The lowest BCUT2D eigenvalue weighted by Gasteiger charge is -2.10. The first-order valence-electron chi connectivity index (χ1n) is 8.82. The fourth-order valence-corrected chi connectivity index (χ4v) is 3.78. The molecule has 0 saturated carbocycles. The molecule has 0 saturated heterocycles. The smallest absolute Gasteiger partial charge is 0.341 e. The largest absolute Gasteiger partial charge is 0.462 e. The average molecular weight is 410 g/mol. The molecule has 0 unspecified atom stereocenters. The van der Waals surface area contributed by atoms with Crippen molar-refractivity contribution in [2.24, 2.45) is 0 Å². The maximum Gasteiger partial charge on any atom is 0.341 e. The van der Waals surface area contributed by atoms with Gasteiger partial charge in [0.15, 0.2) is 0 Å². The van der Waals surface area contributed by atoms with Crippen molar-refractivity contribution in [1.29, 1.82) is 0 Å². The summed E-state index contributed by atoms with van der Waals surface area (Å²) < 4.78 is 5.17. The van der Waals surface area contributed by atoms with Gasteiger partial charge >= 0.3 is 5.97 Å². The molecule has 0 fully saturated rings. The van der Waals surface area contributed by atoms with E-state index < -0.39 is 10.9 Å². The number of nitrogens with zero attached hydrogens (tertiary/aromatic N) is 1. The van der Waals surface area contributed by atoms with Gasteiger partial charge in [-0.25, -0.2) is 4.79 Å². The van der Waals surface area contributed by atoms with Crippen LogP contribution >= 0.6 is 11.3 Å². The molecule has 148 valence electrons. The van der Waals surface area contributed by atoms with E-state index in [2.05, 4.69) is 5.32 Å². The summed E-state index contributed by atoms with van der Waals surface area (Å²) in [6, 6.07) is 13.0. The summed E-state index contributed by atoms with van der Waals surface area (Å²) >= 11 is 1.20. The molecule has 8 heteroatoms. The van der Waals surface area contributed by atoms with Gasteiger partial charge in [0, 0.05) is 28.6 Å². The summed E-state index contributed by atoms with van der Waals surface area (Å²) in [5, 5.41) is 15.8. The van der Waals surface area contributed by atoms with Crippen LogP contribution in [0.5, 0.6) is 0 Å². The van der Waals surface area contributed by atoms with Crippen LogP contribution in [-0.2, 0) is 4.74 Å². The number of rotatable bonds is 6. The highest BCUT2D eigenvalue weighted by Crippen LogP contribution is 2.37. The second-order valence-electron chi connectivity index (χ2n) is 6.15. The predicted molar refractivity (Wildman–Crippen MR) is 111 cm³/mol. The molecule has 0 aliphatic rings. The Balaban J connectivity index is 2.00. The van der Waals surface area contributed by atoms with E-state index >= 15 is 0 Å². The highest BCUT2D eigenvalue weighted by Gasteiger charge is 2.23. The van der Waals surface area contributed by atoms with E-state index in [1.54, 1.807) is 36.6 Å². The van der Waals surface area contributed by atoms with Crippen molar-refractivity contribution < 1.29 is 19.2 Å². The third kappa shape index (κ3) is 4.33. The fraction of sp³-hybridized carbons (Fsp3) is 0.143. The molecule has 29 heavy (non-hydrogen) atoms. The van der Waals surface area contributed by atoms with Gasteiger partial charge in [0.25, 0.3) is 11.6 Å². The first-order valence-corrected chi connectivity index (χ1v) is 9.70. The molecule has 0 bridgehead atoms. The molecule has 1 amide bonds.